The van der Waals surface area contributed by atoms with Crippen LogP contribution in [0.15, 0.2) is 30.3 Å². The quantitative estimate of drug-likeness (QED) is 0.810. The molecule has 3 aliphatic rings. The lowest BCUT2D eigenvalue weighted by Crippen LogP contribution is -2.40. The van der Waals surface area contributed by atoms with Gasteiger partial charge in [0.05, 0.1) is 5.25 Å². The summed E-state index contributed by atoms with van der Waals surface area (Å²) >= 11 is 0. The van der Waals surface area contributed by atoms with Crippen molar-refractivity contribution in [3.05, 3.63) is 47.5 Å². The van der Waals surface area contributed by atoms with Crippen LogP contribution in [0.1, 0.15) is 61.2 Å². The Morgan fingerprint density at radius 1 is 0.963 bits per heavy atom. The van der Waals surface area contributed by atoms with E-state index in [1.165, 1.54) is 12.8 Å². The van der Waals surface area contributed by atoms with Crippen LogP contribution in [0.25, 0.3) is 0 Å². The van der Waals surface area contributed by atoms with Crippen LogP contribution in [0.5, 0.6) is 0 Å². The molecule has 0 bridgehead atoms. The number of rotatable bonds is 4. The second-order valence-electron chi connectivity index (χ2n) is 8.09. The van der Waals surface area contributed by atoms with Crippen molar-refractivity contribution in [1.29, 1.82) is 0 Å². The van der Waals surface area contributed by atoms with E-state index in [2.05, 4.69) is 14.8 Å². The van der Waals surface area contributed by atoms with Gasteiger partial charge in [-0.25, -0.2) is 12.7 Å². The first-order valence-electron chi connectivity index (χ1n) is 10.1. The molecular formula is C20H26N4O2S. The maximum Gasteiger partial charge on any atom is 0.217 e. The van der Waals surface area contributed by atoms with Gasteiger partial charge in [0.1, 0.15) is 11.6 Å². The van der Waals surface area contributed by atoms with Crippen LogP contribution in [0, 0.1) is 0 Å². The Bertz CT molecular complexity index is 917. The standard InChI is InChI=1S/C20H26N4O2S/c25-27(26,18-14-17(18)15-6-2-1-3-7-15)23-12-9-16(10-13-23)20-22-21-19-8-4-5-11-24(19)20/h1-3,6-7,16-18H,4-5,8-14H2/t17-,18+/m1/s1. The Morgan fingerprint density at radius 3 is 2.52 bits per heavy atom. The molecule has 2 aromatic rings. The van der Waals surface area contributed by atoms with Gasteiger partial charge < -0.3 is 4.57 Å². The van der Waals surface area contributed by atoms with E-state index in [9.17, 15) is 8.42 Å². The lowest BCUT2D eigenvalue weighted by atomic mass is 9.97. The molecule has 0 spiro atoms. The van der Waals surface area contributed by atoms with Crippen LogP contribution >= 0.6 is 0 Å². The molecule has 0 unspecified atom stereocenters. The molecule has 2 atom stereocenters. The fourth-order valence-electron chi connectivity index (χ4n) is 4.74. The summed E-state index contributed by atoms with van der Waals surface area (Å²) in [6.45, 7) is 2.22. The van der Waals surface area contributed by atoms with Crippen molar-refractivity contribution in [2.24, 2.45) is 0 Å². The van der Waals surface area contributed by atoms with Crippen LogP contribution in [0.2, 0.25) is 0 Å². The van der Waals surface area contributed by atoms with Crippen molar-refractivity contribution in [3.63, 3.8) is 0 Å². The minimum absolute atomic E-state index is 0.164. The minimum Gasteiger partial charge on any atom is -0.315 e. The first-order chi connectivity index (χ1) is 13.1. The summed E-state index contributed by atoms with van der Waals surface area (Å²) in [5, 5.41) is 8.58. The lowest BCUT2D eigenvalue weighted by Gasteiger charge is -2.31. The zero-order valence-corrected chi connectivity index (χ0v) is 16.3. The molecule has 3 heterocycles. The molecule has 1 saturated carbocycles. The zero-order valence-electron chi connectivity index (χ0n) is 15.5. The first kappa shape index (κ1) is 17.4. The second kappa shape index (κ2) is 6.71. The van der Waals surface area contributed by atoms with Gasteiger partial charge in [0.2, 0.25) is 10.0 Å². The molecule has 0 radical (unpaired) electrons. The molecule has 1 aromatic heterocycles. The van der Waals surface area contributed by atoms with E-state index in [0.717, 1.165) is 49.4 Å². The average Bonchev–Trinajstić information content (AvgIpc) is 3.42. The van der Waals surface area contributed by atoms with Crippen molar-refractivity contribution in [3.8, 4) is 0 Å². The van der Waals surface area contributed by atoms with Crippen LogP contribution < -0.4 is 0 Å². The molecule has 2 fully saturated rings. The fraction of sp³-hybridized carbons (Fsp3) is 0.600. The fourth-order valence-corrected chi connectivity index (χ4v) is 6.87. The van der Waals surface area contributed by atoms with E-state index in [0.29, 0.717) is 19.0 Å². The third-order valence-electron chi connectivity index (χ3n) is 6.41. The smallest absolute Gasteiger partial charge is 0.217 e. The number of aromatic nitrogens is 3. The predicted octanol–water partition coefficient (Wildman–Crippen LogP) is 2.68. The number of fused-ring (bicyclic) bond motifs is 1. The molecule has 1 aromatic carbocycles. The number of hydrogen-bond acceptors (Lipinski definition) is 4. The summed E-state index contributed by atoms with van der Waals surface area (Å²) in [5.41, 5.74) is 1.15. The van der Waals surface area contributed by atoms with Crippen molar-refractivity contribution in [1.82, 2.24) is 19.1 Å². The Labute approximate surface area is 160 Å². The van der Waals surface area contributed by atoms with Crippen LogP contribution in [0.3, 0.4) is 0 Å². The molecule has 1 aliphatic carbocycles. The van der Waals surface area contributed by atoms with Gasteiger partial charge in [-0.3, -0.25) is 0 Å². The van der Waals surface area contributed by atoms with Gasteiger partial charge >= 0.3 is 0 Å². The van der Waals surface area contributed by atoms with Gasteiger partial charge in [-0.05, 0) is 37.7 Å². The molecule has 27 heavy (non-hydrogen) atoms. The predicted molar refractivity (Wildman–Crippen MR) is 103 cm³/mol. The Kier molecular flexibility index (Phi) is 4.31. The normalized spacial score (nSPS) is 26.7. The van der Waals surface area contributed by atoms with E-state index in [1.54, 1.807) is 4.31 Å². The highest BCUT2D eigenvalue weighted by Gasteiger charge is 2.50. The molecule has 5 rings (SSSR count). The molecule has 144 valence electrons. The monoisotopic (exact) mass is 386 g/mol. The molecule has 1 saturated heterocycles. The maximum atomic E-state index is 13.1. The van der Waals surface area contributed by atoms with E-state index in [1.807, 2.05) is 30.3 Å². The minimum atomic E-state index is -3.21. The zero-order chi connectivity index (χ0) is 18.4. The highest BCUT2D eigenvalue weighted by molar-refractivity contribution is 7.90. The van der Waals surface area contributed by atoms with E-state index in [4.69, 9.17) is 0 Å². The van der Waals surface area contributed by atoms with Gasteiger partial charge in [0, 0.05) is 37.9 Å². The van der Waals surface area contributed by atoms with Crippen LogP contribution in [-0.2, 0) is 23.0 Å². The SMILES string of the molecule is O=S(=O)([C@H]1C[C@@H]1c1ccccc1)N1CCC(c2nnc3n2CCCC3)CC1. The van der Waals surface area contributed by atoms with Gasteiger partial charge in [0.15, 0.2) is 0 Å². The van der Waals surface area contributed by atoms with Crippen molar-refractivity contribution in [2.75, 3.05) is 13.1 Å². The summed E-state index contributed by atoms with van der Waals surface area (Å²) in [5.74, 6) is 2.68. The first-order valence-corrected chi connectivity index (χ1v) is 11.6. The van der Waals surface area contributed by atoms with Gasteiger partial charge in [-0.15, -0.1) is 10.2 Å². The number of sulfonamides is 1. The van der Waals surface area contributed by atoms with E-state index < -0.39 is 10.0 Å². The molecule has 0 N–H and O–H groups in total. The van der Waals surface area contributed by atoms with Gasteiger partial charge in [-0.2, -0.15) is 0 Å². The highest BCUT2D eigenvalue weighted by Crippen LogP contribution is 2.47. The number of benzene rings is 1. The van der Waals surface area contributed by atoms with Crippen molar-refractivity contribution < 1.29 is 8.42 Å². The second-order valence-corrected chi connectivity index (χ2v) is 10.2. The van der Waals surface area contributed by atoms with Crippen molar-refractivity contribution >= 4 is 10.0 Å². The number of piperidine rings is 1. The summed E-state index contributed by atoms with van der Waals surface area (Å²) in [6, 6.07) is 10.0. The highest BCUT2D eigenvalue weighted by atomic mass is 32.2. The average molecular weight is 387 g/mol. The van der Waals surface area contributed by atoms with Crippen LogP contribution in [0.4, 0.5) is 0 Å². The van der Waals surface area contributed by atoms with Crippen LogP contribution in [-0.4, -0.2) is 45.8 Å². The third kappa shape index (κ3) is 3.10. The van der Waals surface area contributed by atoms with Gasteiger partial charge in [-0.1, -0.05) is 30.3 Å². The largest absolute Gasteiger partial charge is 0.315 e. The summed E-state index contributed by atoms with van der Waals surface area (Å²) < 4.78 is 30.1. The summed E-state index contributed by atoms with van der Waals surface area (Å²) in [6.07, 6.45) is 5.85. The van der Waals surface area contributed by atoms with E-state index in [-0.39, 0.29) is 11.2 Å². The number of nitrogens with zero attached hydrogens (tertiary/aromatic N) is 4. The molecule has 6 nitrogen and oxygen atoms in total. The molecule has 2 aliphatic heterocycles. The molecular weight excluding hydrogens is 360 g/mol. The Morgan fingerprint density at radius 2 is 1.74 bits per heavy atom. The third-order valence-corrected chi connectivity index (χ3v) is 8.78. The molecule has 0 amide bonds. The van der Waals surface area contributed by atoms with Gasteiger partial charge in [0.25, 0.3) is 0 Å². The topological polar surface area (TPSA) is 68.1 Å². The number of hydrogen-bond donors (Lipinski definition) is 0. The number of aryl methyl sites for hydroxylation is 1. The Hall–Kier alpha value is -1.73. The lowest BCUT2D eigenvalue weighted by molar-refractivity contribution is 0.306. The summed E-state index contributed by atoms with van der Waals surface area (Å²) in [7, 11) is -3.21. The van der Waals surface area contributed by atoms with E-state index >= 15 is 0 Å². The summed E-state index contributed by atoms with van der Waals surface area (Å²) in [4.78, 5) is 0. The van der Waals surface area contributed by atoms with Crippen molar-refractivity contribution in [2.45, 2.75) is 62.2 Å². The Balaban J connectivity index is 1.25. The maximum absolute atomic E-state index is 13.1. The molecule has 7 heteroatoms.